The summed E-state index contributed by atoms with van der Waals surface area (Å²) in [5, 5.41) is 3.50. The first-order valence-corrected chi connectivity index (χ1v) is 9.84. The zero-order valence-corrected chi connectivity index (χ0v) is 17.2. The molecule has 1 heterocycles. The van der Waals surface area contributed by atoms with Crippen molar-refractivity contribution in [3.8, 4) is 0 Å². The molecule has 0 bridgehead atoms. The average Bonchev–Trinajstić information content (AvgIpc) is 2.99. The SMILES string of the molecule is CC(C)(C)c1nc(NC(=O)c2c(F)cccc2F)sc1Cc1ccc(Cl)cc1. The van der Waals surface area contributed by atoms with Crippen molar-refractivity contribution >= 4 is 34.0 Å². The van der Waals surface area contributed by atoms with Gasteiger partial charge in [0.05, 0.1) is 5.69 Å². The summed E-state index contributed by atoms with van der Waals surface area (Å²) in [7, 11) is 0. The van der Waals surface area contributed by atoms with Crippen molar-refractivity contribution < 1.29 is 13.6 Å². The van der Waals surface area contributed by atoms with Gasteiger partial charge in [0, 0.05) is 21.7 Å². The zero-order chi connectivity index (χ0) is 20.5. The zero-order valence-electron chi connectivity index (χ0n) is 15.6. The lowest BCUT2D eigenvalue weighted by molar-refractivity contribution is 0.101. The molecule has 0 saturated carbocycles. The number of nitrogens with zero attached hydrogens (tertiary/aromatic N) is 1. The van der Waals surface area contributed by atoms with E-state index in [-0.39, 0.29) is 5.41 Å². The van der Waals surface area contributed by atoms with Crippen LogP contribution in [0.3, 0.4) is 0 Å². The molecule has 0 saturated heterocycles. The number of hydrogen-bond acceptors (Lipinski definition) is 3. The van der Waals surface area contributed by atoms with Gasteiger partial charge in [-0.15, -0.1) is 11.3 Å². The fourth-order valence-corrected chi connectivity index (χ4v) is 4.10. The largest absolute Gasteiger partial charge is 0.298 e. The highest BCUT2D eigenvalue weighted by Gasteiger charge is 2.25. The Balaban J connectivity index is 1.91. The van der Waals surface area contributed by atoms with Crippen LogP contribution in [0.25, 0.3) is 0 Å². The van der Waals surface area contributed by atoms with Crippen LogP contribution in [0, 0.1) is 11.6 Å². The van der Waals surface area contributed by atoms with Gasteiger partial charge in [-0.3, -0.25) is 10.1 Å². The minimum Gasteiger partial charge on any atom is -0.298 e. The number of carbonyl (C=O) groups excluding carboxylic acids is 1. The van der Waals surface area contributed by atoms with Crippen molar-refractivity contribution in [1.29, 1.82) is 0 Å². The quantitative estimate of drug-likeness (QED) is 0.544. The molecule has 0 spiro atoms. The Labute approximate surface area is 171 Å². The number of benzene rings is 2. The number of amides is 1. The predicted molar refractivity (Wildman–Crippen MR) is 109 cm³/mol. The number of hydrogen-bond donors (Lipinski definition) is 1. The van der Waals surface area contributed by atoms with E-state index in [4.69, 9.17) is 11.6 Å². The van der Waals surface area contributed by atoms with Crippen LogP contribution in [-0.4, -0.2) is 10.9 Å². The van der Waals surface area contributed by atoms with E-state index in [0.717, 1.165) is 28.3 Å². The molecule has 2 aromatic carbocycles. The number of halogens is 3. The summed E-state index contributed by atoms with van der Waals surface area (Å²) >= 11 is 7.24. The van der Waals surface area contributed by atoms with Gasteiger partial charge < -0.3 is 0 Å². The molecule has 7 heteroatoms. The second kappa shape index (κ2) is 7.97. The summed E-state index contributed by atoms with van der Waals surface area (Å²) in [4.78, 5) is 17.9. The minimum atomic E-state index is -0.911. The molecular formula is C21H19ClF2N2OS. The second-order valence-electron chi connectivity index (χ2n) is 7.39. The third-order valence-electron chi connectivity index (χ3n) is 4.10. The molecule has 146 valence electrons. The van der Waals surface area contributed by atoms with Gasteiger partial charge in [0.2, 0.25) is 0 Å². The highest BCUT2D eigenvalue weighted by Crippen LogP contribution is 2.34. The normalized spacial score (nSPS) is 11.5. The second-order valence-corrected chi connectivity index (χ2v) is 8.91. The first-order chi connectivity index (χ1) is 13.1. The Morgan fingerprint density at radius 1 is 1.11 bits per heavy atom. The fraction of sp³-hybridized carbons (Fsp3) is 0.238. The minimum absolute atomic E-state index is 0.259. The van der Waals surface area contributed by atoms with E-state index in [1.54, 1.807) is 0 Å². The Hall–Kier alpha value is -2.31. The molecule has 0 atom stereocenters. The van der Waals surface area contributed by atoms with E-state index in [1.807, 2.05) is 45.0 Å². The maximum Gasteiger partial charge on any atom is 0.263 e. The molecule has 0 unspecified atom stereocenters. The number of rotatable bonds is 4. The molecule has 28 heavy (non-hydrogen) atoms. The van der Waals surface area contributed by atoms with Crippen LogP contribution in [0.5, 0.6) is 0 Å². The van der Waals surface area contributed by atoms with Gasteiger partial charge in [-0.25, -0.2) is 13.8 Å². The maximum absolute atomic E-state index is 13.9. The molecule has 0 aliphatic carbocycles. The monoisotopic (exact) mass is 420 g/mol. The summed E-state index contributed by atoms with van der Waals surface area (Å²) < 4.78 is 27.7. The lowest BCUT2D eigenvalue weighted by Crippen LogP contribution is -2.17. The Kier molecular flexibility index (Phi) is 5.82. The number of nitrogens with one attached hydrogen (secondary N) is 1. The number of thiazole rings is 1. The van der Waals surface area contributed by atoms with Gasteiger partial charge in [-0.2, -0.15) is 0 Å². The number of anilines is 1. The molecule has 0 aliphatic heterocycles. The summed E-state index contributed by atoms with van der Waals surface area (Å²) in [6.45, 7) is 6.07. The van der Waals surface area contributed by atoms with Crippen molar-refractivity contribution in [3.63, 3.8) is 0 Å². The predicted octanol–water partition coefficient (Wildman–Crippen LogP) is 6.22. The highest BCUT2D eigenvalue weighted by molar-refractivity contribution is 7.16. The maximum atomic E-state index is 13.9. The van der Waals surface area contributed by atoms with Crippen LogP contribution in [0.15, 0.2) is 42.5 Å². The summed E-state index contributed by atoms with van der Waals surface area (Å²) in [6, 6.07) is 10.8. The van der Waals surface area contributed by atoms with Gasteiger partial charge in [-0.1, -0.05) is 50.6 Å². The lowest BCUT2D eigenvalue weighted by atomic mass is 9.90. The third kappa shape index (κ3) is 4.56. The molecule has 3 rings (SSSR count). The van der Waals surface area contributed by atoms with E-state index in [2.05, 4.69) is 10.3 Å². The van der Waals surface area contributed by atoms with Crippen molar-refractivity contribution in [2.75, 3.05) is 5.32 Å². The molecule has 3 aromatic rings. The highest BCUT2D eigenvalue weighted by atomic mass is 35.5. The summed E-state index contributed by atoms with van der Waals surface area (Å²) in [6.07, 6.45) is 0.616. The van der Waals surface area contributed by atoms with Crippen LogP contribution >= 0.6 is 22.9 Å². The van der Waals surface area contributed by atoms with Crippen LogP contribution in [-0.2, 0) is 11.8 Å². The van der Waals surface area contributed by atoms with E-state index in [9.17, 15) is 13.6 Å². The molecule has 0 aliphatic rings. The van der Waals surface area contributed by atoms with Gasteiger partial charge in [0.15, 0.2) is 5.13 Å². The number of aromatic nitrogens is 1. The van der Waals surface area contributed by atoms with Crippen LogP contribution in [0.2, 0.25) is 5.02 Å². The van der Waals surface area contributed by atoms with Crippen LogP contribution in [0.4, 0.5) is 13.9 Å². The van der Waals surface area contributed by atoms with E-state index < -0.39 is 23.1 Å². The summed E-state index contributed by atoms with van der Waals surface area (Å²) in [5.74, 6) is -2.68. The van der Waals surface area contributed by atoms with E-state index in [0.29, 0.717) is 16.6 Å². The van der Waals surface area contributed by atoms with Crippen molar-refractivity contribution in [1.82, 2.24) is 4.98 Å². The van der Waals surface area contributed by atoms with Crippen LogP contribution < -0.4 is 5.32 Å². The molecule has 1 N–H and O–H groups in total. The third-order valence-corrected chi connectivity index (χ3v) is 5.32. The smallest absolute Gasteiger partial charge is 0.263 e. The molecule has 1 amide bonds. The molecule has 1 aromatic heterocycles. The van der Waals surface area contributed by atoms with Crippen molar-refractivity contribution in [3.05, 3.63) is 80.8 Å². The van der Waals surface area contributed by atoms with Gasteiger partial charge in [0.25, 0.3) is 5.91 Å². The Morgan fingerprint density at radius 2 is 1.71 bits per heavy atom. The average molecular weight is 421 g/mol. The van der Waals surface area contributed by atoms with Crippen LogP contribution in [0.1, 0.15) is 47.3 Å². The van der Waals surface area contributed by atoms with E-state index in [1.165, 1.54) is 17.4 Å². The lowest BCUT2D eigenvalue weighted by Gasteiger charge is -2.17. The summed E-state index contributed by atoms with van der Waals surface area (Å²) in [5.41, 5.74) is 1.01. The van der Waals surface area contributed by atoms with E-state index >= 15 is 0 Å². The fourth-order valence-electron chi connectivity index (χ4n) is 2.77. The van der Waals surface area contributed by atoms with Gasteiger partial charge >= 0.3 is 0 Å². The Morgan fingerprint density at radius 3 is 2.29 bits per heavy atom. The van der Waals surface area contributed by atoms with Gasteiger partial charge in [-0.05, 0) is 29.8 Å². The standard InChI is InChI=1S/C21H19ClF2N2OS/c1-21(2,3)18-16(11-12-7-9-13(22)10-8-12)28-20(25-18)26-19(27)17-14(23)5-4-6-15(17)24/h4-10H,11H2,1-3H3,(H,25,26,27). The topological polar surface area (TPSA) is 42.0 Å². The Bertz CT molecular complexity index is 990. The molecule has 0 fully saturated rings. The molecule has 0 radical (unpaired) electrons. The molecule has 3 nitrogen and oxygen atoms in total. The van der Waals surface area contributed by atoms with Crippen molar-refractivity contribution in [2.45, 2.75) is 32.6 Å². The van der Waals surface area contributed by atoms with Crippen molar-refractivity contribution in [2.24, 2.45) is 0 Å². The van der Waals surface area contributed by atoms with Gasteiger partial charge in [0.1, 0.15) is 17.2 Å². The first kappa shape index (κ1) is 20.4. The first-order valence-electron chi connectivity index (χ1n) is 8.65. The number of carbonyl (C=O) groups is 1. The molecular weight excluding hydrogens is 402 g/mol.